The Morgan fingerprint density at radius 2 is 0.846 bits per heavy atom. The smallest absolute Gasteiger partial charge is 0.220 e. The van der Waals surface area contributed by atoms with Gasteiger partial charge in [0.05, 0.1) is 25.4 Å². The van der Waals surface area contributed by atoms with Crippen LogP contribution in [0.3, 0.4) is 0 Å². The van der Waals surface area contributed by atoms with Crippen molar-refractivity contribution < 1.29 is 39.8 Å². The van der Waals surface area contributed by atoms with Crippen LogP contribution in [0.25, 0.3) is 0 Å². The molecule has 0 aromatic carbocycles. The van der Waals surface area contributed by atoms with E-state index in [1.165, 1.54) is 218 Å². The normalized spacial score (nSPS) is 19.9. The fourth-order valence-corrected chi connectivity index (χ4v) is 9.34. The summed E-state index contributed by atoms with van der Waals surface area (Å²) in [6.45, 7) is 3.68. The monoisotopic (exact) mass is 924 g/mol. The van der Waals surface area contributed by atoms with E-state index in [1.54, 1.807) is 6.08 Å². The van der Waals surface area contributed by atoms with E-state index in [1.807, 2.05) is 6.08 Å². The second-order valence-corrected chi connectivity index (χ2v) is 20.1. The zero-order chi connectivity index (χ0) is 47.3. The Bertz CT molecular complexity index is 1030. The number of aliphatic hydroxyl groups is 5. The van der Waals surface area contributed by atoms with Crippen LogP contribution in [-0.4, -0.2) is 87.5 Å². The summed E-state index contributed by atoms with van der Waals surface area (Å²) in [6, 6.07) is -0.796. The number of hydrogen-bond donors (Lipinski definition) is 6. The van der Waals surface area contributed by atoms with Crippen molar-refractivity contribution in [2.45, 2.75) is 326 Å². The summed E-state index contributed by atoms with van der Waals surface area (Å²) in [7, 11) is 0. The molecule has 1 saturated heterocycles. The van der Waals surface area contributed by atoms with Gasteiger partial charge in [-0.25, -0.2) is 0 Å². The van der Waals surface area contributed by atoms with E-state index in [2.05, 4.69) is 19.2 Å². The van der Waals surface area contributed by atoms with Crippen LogP contribution < -0.4 is 5.32 Å². The molecular weight excluding hydrogens is 815 g/mol. The van der Waals surface area contributed by atoms with Gasteiger partial charge in [-0.3, -0.25) is 4.79 Å². The van der Waals surface area contributed by atoms with Gasteiger partial charge < -0.3 is 40.3 Å². The molecule has 0 spiro atoms. The van der Waals surface area contributed by atoms with Gasteiger partial charge in [0.2, 0.25) is 5.91 Å². The fourth-order valence-electron chi connectivity index (χ4n) is 9.34. The van der Waals surface area contributed by atoms with Crippen LogP contribution in [0, 0.1) is 0 Å². The number of aliphatic hydroxyl groups excluding tert-OH is 5. The number of rotatable bonds is 49. The summed E-state index contributed by atoms with van der Waals surface area (Å²) < 4.78 is 11.1. The van der Waals surface area contributed by atoms with E-state index < -0.39 is 49.5 Å². The minimum atomic E-state index is -1.56. The lowest BCUT2D eigenvalue weighted by molar-refractivity contribution is -0.302. The number of carbonyl (C=O) groups is 1. The molecule has 1 heterocycles. The second kappa shape index (κ2) is 46.6. The summed E-state index contributed by atoms with van der Waals surface area (Å²) in [5.74, 6) is -0.179. The molecule has 0 aromatic rings. The van der Waals surface area contributed by atoms with E-state index in [4.69, 9.17) is 9.47 Å². The lowest BCUT2D eigenvalue weighted by atomic mass is 9.99. The Labute approximate surface area is 401 Å². The third-order valence-electron chi connectivity index (χ3n) is 13.9. The van der Waals surface area contributed by atoms with Crippen LogP contribution in [0.5, 0.6) is 0 Å². The molecule has 0 radical (unpaired) electrons. The standard InChI is InChI=1S/C56H109NO8/c1-3-5-7-9-10-11-12-13-14-15-16-17-18-19-20-21-22-23-24-25-26-27-28-29-30-31-32-33-34-35-36-37-38-39-40-42-44-46-52(60)57-49(50(59)45-43-41-8-6-4-2)48-64-56-55(63)54(62)53(61)51(47-58)65-56/h43,45,49-51,53-56,58-59,61-63H,3-42,44,46-48H2,1-2H3,(H,57,60)/b45-43+. The molecule has 9 nitrogen and oxygen atoms in total. The quantitative estimate of drug-likeness (QED) is 0.0261. The first-order valence-corrected chi connectivity index (χ1v) is 28.4. The first-order chi connectivity index (χ1) is 31.8. The molecular formula is C56H109NO8. The lowest BCUT2D eigenvalue weighted by Crippen LogP contribution is -2.60. The highest BCUT2D eigenvalue weighted by molar-refractivity contribution is 5.76. The molecule has 0 aliphatic carbocycles. The molecule has 1 amide bonds. The average molecular weight is 924 g/mol. The van der Waals surface area contributed by atoms with Crippen molar-refractivity contribution in [1.82, 2.24) is 5.32 Å². The van der Waals surface area contributed by atoms with Crippen LogP contribution in [0.4, 0.5) is 0 Å². The van der Waals surface area contributed by atoms with Gasteiger partial charge in [0.1, 0.15) is 24.4 Å². The van der Waals surface area contributed by atoms with Crippen LogP contribution in [0.15, 0.2) is 12.2 Å². The summed E-state index contributed by atoms with van der Waals surface area (Å²) in [6.07, 6.45) is 51.0. The molecule has 1 aliphatic rings. The van der Waals surface area contributed by atoms with E-state index in [0.717, 1.165) is 44.9 Å². The van der Waals surface area contributed by atoms with Gasteiger partial charge in [-0.1, -0.05) is 270 Å². The molecule has 7 unspecified atom stereocenters. The SMILES string of the molecule is CCCCC/C=C/C(O)C(COC1OC(CO)C(O)C(O)C1O)NC(=O)CCCCCCCCCCCCCCCCCCCCCCCCCCCCCCCCCCCCCCC. The largest absolute Gasteiger partial charge is 0.394 e. The minimum Gasteiger partial charge on any atom is -0.394 e. The molecule has 1 fully saturated rings. The second-order valence-electron chi connectivity index (χ2n) is 20.1. The summed E-state index contributed by atoms with van der Waals surface area (Å²) in [5, 5.41) is 53.8. The van der Waals surface area contributed by atoms with Crippen molar-refractivity contribution in [2.24, 2.45) is 0 Å². The molecule has 0 saturated carbocycles. The third kappa shape index (κ3) is 36.6. The summed E-state index contributed by atoms with van der Waals surface area (Å²) in [5.41, 5.74) is 0. The number of amides is 1. The fraction of sp³-hybridized carbons (Fsp3) is 0.946. The molecule has 6 N–H and O–H groups in total. The Morgan fingerprint density at radius 1 is 0.508 bits per heavy atom. The molecule has 0 aromatic heterocycles. The number of hydrogen-bond acceptors (Lipinski definition) is 8. The van der Waals surface area contributed by atoms with E-state index in [9.17, 15) is 30.3 Å². The number of unbranched alkanes of at least 4 members (excludes halogenated alkanes) is 39. The zero-order valence-corrected chi connectivity index (χ0v) is 42.8. The van der Waals surface area contributed by atoms with Gasteiger partial charge in [0.25, 0.3) is 0 Å². The Balaban J connectivity index is 1.92. The molecule has 1 rings (SSSR count). The highest BCUT2D eigenvalue weighted by atomic mass is 16.7. The lowest BCUT2D eigenvalue weighted by Gasteiger charge is -2.40. The van der Waals surface area contributed by atoms with Crippen molar-refractivity contribution in [3.63, 3.8) is 0 Å². The van der Waals surface area contributed by atoms with Crippen LogP contribution >= 0.6 is 0 Å². The van der Waals surface area contributed by atoms with E-state index in [-0.39, 0.29) is 12.5 Å². The van der Waals surface area contributed by atoms with Gasteiger partial charge in [-0.2, -0.15) is 0 Å². The van der Waals surface area contributed by atoms with Gasteiger partial charge >= 0.3 is 0 Å². The minimum absolute atomic E-state index is 0.179. The molecule has 65 heavy (non-hydrogen) atoms. The van der Waals surface area contributed by atoms with Crippen LogP contribution in [0.1, 0.15) is 284 Å². The number of carbonyl (C=O) groups excluding carboxylic acids is 1. The Hall–Kier alpha value is -1.07. The van der Waals surface area contributed by atoms with Crippen molar-refractivity contribution in [3.8, 4) is 0 Å². The maximum Gasteiger partial charge on any atom is 0.220 e. The van der Waals surface area contributed by atoms with Crippen molar-refractivity contribution in [3.05, 3.63) is 12.2 Å². The average Bonchev–Trinajstić information content (AvgIpc) is 3.31. The van der Waals surface area contributed by atoms with E-state index in [0.29, 0.717) is 6.42 Å². The van der Waals surface area contributed by atoms with Gasteiger partial charge in [0.15, 0.2) is 6.29 Å². The van der Waals surface area contributed by atoms with Gasteiger partial charge in [0, 0.05) is 6.42 Å². The number of ether oxygens (including phenoxy) is 2. The molecule has 9 heteroatoms. The van der Waals surface area contributed by atoms with Crippen molar-refractivity contribution >= 4 is 5.91 Å². The topological polar surface area (TPSA) is 149 Å². The number of nitrogens with one attached hydrogen (secondary N) is 1. The first-order valence-electron chi connectivity index (χ1n) is 28.4. The highest BCUT2D eigenvalue weighted by Crippen LogP contribution is 2.23. The summed E-state index contributed by atoms with van der Waals surface area (Å²) >= 11 is 0. The van der Waals surface area contributed by atoms with Crippen molar-refractivity contribution in [2.75, 3.05) is 13.2 Å². The molecule has 7 atom stereocenters. The van der Waals surface area contributed by atoms with Crippen molar-refractivity contribution in [1.29, 1.82) is 0 Å². The summed E-state index contributed by atoms with van der Waals surface area (Å²) in [4.78, 5) is 12.9. The molecule has 0 bridgehead atoms. The highest BCUT2D eigenvalue weighted by Gasteiger charge is 2.44. The predicted molar refractivity (Wildman–Crippen MR) is 272 cm³/mol. The predicted octanol–water partition coefficient (Wildman–Crippen LogP) is 13.6. The van der Waals surface area contributed by atoms with Crippen LogP contribution in [0.2, 0.25) is 0 Å². The maximum absolute atomic E-state index is 12.9. The number of allylic oxidation sites excluding steroid dienone is 1. The van der Waals surface area contributed by atoms with Crippen LogP contribution in [-0.2, 0) is 14.3 Å². The maximum atomic E-state index is 12.9. The van der Waals surface area contributed by atoms with Gasteiger partial charge in [-0.05, 0) is 19.3 Å². The molecule has 1 aliphatic heterocycles. The van der Waals surface area contributed by atoms with Gasteiger partial charge in [-0.15, -0.1) is 0 Å². The van der Waals surface area contributed by atoms with E-state index >= 15 is 0 Å². The first kappa shape index (κ1) is 61.9. The Morgan fingerprint density at radius 3 is 1.20 bits per heavy atom. The molecule has 386 valence electrons. The Kier molecular flexibility index (Phi) is 44.5. The zero-order valence-electron chi connectivity index (χ0n) is 42.8. The third-order valence-corrected chi connectivity index (χ3v) is 13.9.